The molecule has 4 heteroatoms. The zero-order valence-electron chi connectivity index (χ0n) is 13.3. The number of nitrogens with one attached hydrogen (secondary N) is 1. The average molecular weight is 307 g/mol. The summed E-state index contributed by atoms with van der Waals surface area (Å²) in [5.74, 6) is 0.114. The lowest BCUT2D eigenvalue weighted by Gasteiger charge is -2.03. The van der Waals surface area contributed by atoms with Gasteiger partial charge < -0.3 is 9.88 Å². The molecule has 0 saturated carbocycles. The Labute approximate surface area is 136 Å². The fourth-order valence-electron chi connectivity index (χ4n) is 2.89. The number of unbranched alkanes of at least 4 members (excludes halogenated alkanes) is 1. The Morgan fingerprint density at radius 3 is 2.83 bits per heavy atom. The molecule has 4 nitrogen and oxygen atoms in total. The number of carbonyl (C=O) groups excluding carboxylic acids is 1. The molecule has 2 heterocycles. The molecule has 0 radical (unpaired) electrons. The van der Waals surface area contributed by atoms with Crippen molar-refractivity contribution in [1.82, 2.24) is 14.9 Å². The van der Waals surface area contributed by atoms with Crippen LogP contribution in [0.1, 0.15) is 24.8 Å². The van der Waals surface area contributed by atoms with Gasteiger partial charge in [0.25, 0.3) is 0 Å². The van der Waals surface area contributed by atoms with E-state index in [0.29, 0.717) is 6.42 Å². The zero-order chi connectivity index (χ0) is 16.1. The first-order chi connectivity index (χ1) is 11.3. The van der Waals surface area contributed by atoms with Crippen molar-refractivity contribution >= 4 is 16.8 Å². The number of rotatable bonds is 6. The number of carbonyl (C=O) groups is 1. The molecule has 0 spiro atoms. The number of fused-ring (bicyclic) bond motifs is 1. The lowest BCUT2D eigenvalue weighted by molar-refractivity contribution is -0.120. The SMILES string of the molecule is CNC(=O)CCCCc1cn(-c2cccnc2)c2ccccc12. The van der Waals surface area contributed by atoms with Crippen LogP contribution in [-0.4, -0.2) is 22.5 Å². The molecule has 118 valence electrons. The third kappa shape index (κ3) is 3.42. The minimum Gasteiger partial charge on any atom is -0.359 e. The van der Waals surface area contributed by atoms with Crippen molar-refractivity contribution in [2.24, 2.45) is 0 Å². The largest absolute Gasteiger partial charge is 0.359 e. The standard InChI is InChI=1S/C19H21N3O/c1-20-19(23)11-5-2-7-15-14-22(16-8-6-12-21-13-16)18-10-4-3-9-17(15)18/h3-4,6,8-10,12-14H,2,5,7,11H2,1H3,(H,20,23). The van der Waals surface area contributed by atoms with Crippen LogP contribution in [0.3, 0.4) is 0 Å². The highest BCUT2D eigenvalue weighted by Gasteiger charge is 2.09. The van der Waals surface area contributed by atoms with E-state index in [9.17, 15) is 4.79 Å². The molecule has 0 unspecified atom stereocenters. The topological polar surface area (TPSA) is 46.9 Å². The molecule has 0 atom stereocenters. The van der Waals surface area contributed by atoms with Gasteiger partial charge in [-0.15, -0.1) is 0 Å². The molecule has 0 aliphatic rings. The Bertz CT molecular complexity index is 793. The molecule has 1 aromatic carbocycles. The van der Waals surface area contributed by atoms with Gasteiger partial charge in [0.15, 0.2) is 0 Å². The Kier molecular flexibility index (Phi) is 4.71. The van der Waals surface area contributed by atoms with Gasteiger partial charge in [0.05, 0.1) is 17.4 Å². The lowest BCUT2D eigenvalue weighted by atomic mass is 10.1. The average Bonchev–Trinajstić information content (AvgIpc) is 2.98. The molecule has 0 saturated heterocycles. The quantitative estimate of drug-likeness (QED) is 0.709. The van der Waals surface area contributed by atoms with Crippen LogP contribution in [0.5, 0.6) is 0 Å². The number of aryl methyl sites for hydroxylation is 1. The summed E-state index contributed by atoms with van der Waals surface area (Å²) in [5.41, 5.74) is 3.59. The molecule has 3 rings (SSSR count). The van der Waals surface area contributed by atoms with Crippen LogP contribution >= 0.6 is 0 Å². The zero-order valence-corrected chi connectivity index (χ0v) is 13.3. The molecule has 0 aliphatic carbocycles. The summed E-state index contributed by atoms with van der Waals surface area (Å²) in [7, 11) is 1.68. The third-order valence-corrected chi connectivity index (χ3v) is 4.10. The van der Waals surface area contributed by atoms with Crippen LogP contribution in [-0.2, 0) is 11.2 Å². The van der Waals surface area contributed by atoms with E-state index in [0.717, 1.165) is 24.9 Å². The molecular weight excluding hydrogens is 286 g/mol. The summed E-state index contributed by atoms with van der Waals surface area (Å²) in [6, 6.07) is 12.4. The van der Waals surface area contributed by atoms with Gasteiger partial charge in [-0.2, -0.15) is 0 Å². The Morgan fingerprint density at radius 2 is 2.04 bits per heavy atom. The summed E-state index contributed by atoms with van der Waals surface area (Å²) < 4.78 is 2.19. The maximum Gasteiger partial charge on any atom is 0.219 e. The predicted molar refractivity (Wildman–Crippen MR) is 92.7 cm³/mol. The molecule has 0 fully saturated rings. The van der Waals surface area contributed by atoms with E-state index in [1.165, 1.54) is 16.5 Å². The summed E-state index contributed by atoms with van der Waals surface area (Å²) in [5, 5.41) is 3.94. The van der Waals surface area contributed by atoms with Crippen LogP contribution in [0.4, 0.5) is 0 Å². The molecular formula is C19H21N3O. The number of pyridine rings is 1. The van der Waals surface area contributed by atoms with E-state index >= 15 is 0 Å². The number of hydrogen-bond acceptors (Lipinski definition) is 2. The van der Waals surface area contributed by atoms with Crippen molar-refractivity contribution in [2.45, 2.75) is 25.7 Å². The fraction of sp³-hybridized carbons (Fsp3) is 0.263. The smallest absolute Gasteiger partial charge is 0.219 e. The van der Waals surface area contributed by atoms with Gasteiger partial charge in [-0.3, -0.25) is 9.78 Å². The second kappa shape index (κ2) is 7.09. The molecule has 23 heavy (non-hydrogen) atoms. The van der Waals surface area contributed by atoms with Crippen molar-refractivity contribution in [3.63, 3.8) is 0 Å². The normalized spacial score (nSPS) is 10.8. The van der Waals surface area contributed by atoms with Crippen molar-refractivity contribution in [1.29, 1.82) is 0 Å². The lowest BCUT2D eigenvalue weighted by Crippen LogP contribution is -2.16. The van der Waals surface area contributed by atoms with Crippen molar-refractivity contribution in [3.05, 3.63) is 60.6 Å². The first-order valence-electron chi connectivity index (χ1n) is 7.99. The summed E-state index contributed by atoms with van der Waals surface area (Å²) in [6.45, 7) is 0. The number of nitrogens with zero attached hydrogens (tertiary/aromatic N) is 2. The van der Waals surface area contributed by atoms with E-state index in [4.69, 9.17) is 0 Å². The van der Waals surface area contributed by atoms with E-state index < -0.39 is 0 Å². The van der Waals surface area contributed by atoms with Crippen LogP contribution in [0.25, 0.3) is 16.6 Å². The van der Waals surface area contributed by atoms with Crippen LogP contribution < -0.4 is 5.32 Å². The fourth-order valence-corrected chi connectivity index (χ4v) is 2.89. The summed E-state index contributed by atoms with van der Waals surface area (Å²) in [4.78, 5) is 15.5. The van der Waals surface area contributed by atoms with E-state index in [-0.39, 0.29) is 5.91 Å². The maximum absolute atomic E-state index is 11.3. The Hall–Kier alpha value is -2.62. The van der Waals surface area contributed by atoms with Gasteiger partial charge in [0, 0.05) is 31.2 Å². The number of para-hydroxylation sites is 1. The maximum atomic E-state index is 11.3. The highest BCUT2D eigenvalue weighted by molar-refractivity contribution is 5.85. The number of hydrogen-bond donors (Lipinski definition) is 1. The van der Waals surface area contributed by atoms with Gasteiger partial charge in [-0.05, 0) is 43.0 Å². The van der Waals surface area contributed by atoms with Gasteiger partial charge >= 0.3 is 0 Å². The minimum absolute atomic E-state index is 0.114. The molecule has 3 aromatic rings. The highest BCUT2D eigenvalue weighted by atomic mass is 16.1. The molecule has 1 amide bonds. The molecule has 2 aromatic heterocycles. The highest BCUT2D eigenvalue weighted by Crippen LogP contribution is 2.25. The van der Waals surface area contributed by atoms with Crippen LogP contribution in [0.2, 0.25) is 0 Å². The molecule has 0 bridgehead atoms. The Balaban J connectivity index is 1.82. The minimum atomic E-state index is 0.114. The van der Waals surface area contributed by atoms with Crippen molar-refractivity contribution < 1.29 is 4.79 Å². The van der Waals surface area contributed by atoms with E-state index in [1.54, 1.807) is 13.2 Å². The Morgan fingerprint density at radius 1 is 1.17 bits per heavy atom. The number of benzene rings is 1. The predicted octanol–water partition coefficient (Wildman–Crippen LogP) is 3.48. The van der Waals surface area contributed by atoms with Crippen LogP contribution in [0, 0.1) is 0 Å². The van der Waals surface area contributed by atoms with Crippen LogP contribution in [0.15, 0.2) is 55.0 Å². The van der Waals surface area contributed by atoms with Crippen molar-refractivity contribution in [2.75, 3.05) is 7.05 Å². The van der Waals surface area contributed by atoms with Crippen molar-refractivity contribution in [3.8, 4) is 5.69 Å². The van der Waals surface area contributed by atoms with E-state index in [2.05, 4.69) is 51.4 Å². The number of amides is 1. The molecule has 1 N–H and O–H groups in total. The van der Waals surface area contributed by atoms with Gasteiger partial charge in [0.1, 0.15) is 0 Å². The summed E-state index contributed by atoms with van der Waals surface area (Å²) in [6.07, 6.45) is 9.35. The first kappa shape index (κ1) is 15.3. The second-order valence-electron chi connectivity index (χ2n) is 5.63. The monoisotopic (exact) mass is 307 g/mol. The summed E-state index contributed by atoms with van der Waals surface area (Å²) >= 11 is 0. The van der Waals surface area contributed by atoms with E-state index in [1.807, 2.05) is 12.3 Å². The number of aromatic nitrogens is 2. The first-order valence-corrected chi connectivity index (χ1v) is 7.99. The molecule has 0 aliphatic heterocycles. The van der Waals surface area contributed by atoms with Gasteiger partial charge in [-0.25, -0.2) is 0 Å². The van der Waals surface area contributed by atoms with Gasteiger partial charge in [-0.1, -0.05) is 18.2 Å². The van der Waals surface area contributed by atoms with Gasteiger partial charge in [0.2, 0.25) is 5.91 Å². The third-order valence-electron chi connectivity index (χ3n) is 4.10. The second-order valence-corrected chi connectivity index (χ2v) is 5.63.